The molecule has 12 heavy (non-hydrogen) atoms. The van der Waals surface area contributed by atoms with Gasteiger partial charge in [0.15, 0.2) is 0 Å². The van der Waals surface area contributed by atoms with Gasteiger partial charge in [0.1, 0.15) is 0 Å². The highest BCUT2D eigenvalue weighted by Crippen LogP contribution is 2.42. The second-order valence-corrected chi connectivity index (χ2v) is 5.78. The highest BCUT2D eigenvalue weighted by Gasteiger charge is 2.42. The van der Waals surface area contributed by atoms with Gasteiger partial charge in [-0.15, -0.1) is 11.3 Å². The Hall–Kier alpha value is 0.1000. The molecule has 0 saturated heterocycles. The molecule has 0 aromatic carbocycles. The van der Waals surface area contributed by atoms with E-state index in [0.29, 0.717) is 12.8 Å². The summed E-state index contributed by atoms with van der Waals surface area (Å²) in [6.07, 6.45) is 1.19. The van der Waals surface area contributed by atoms with Gasteiger partial charge < -0.3 is 10.8 Å². The minimum atomic E-state index is -0.254. The summed E-state index contributed by atoms with van der Waals surface area (Å²) in [5.41, 5.74) is 5.80. The first-order chi connectivity index (χ1) is 5.60. The van der Waals surface area contributed by atoms with Gasteiger partial charge in [-0.05, 0) is 40.9 Å². The summed E-state index contributed by atoms with van der Waals surface area (Å²) in [5, 5.41) is 9.16. The first-order valence-electron chi connectivity index (χ1n) is 3.83. The van der Waals surface area contributed by atoms with Crippen LogP contribution in [0.4, 0.5) is 0 Å². The minimum Gasteiger partial charge on any atom is -0.393 e. The number of hydrogen-bond donors (Lipinski definition) is 2. The van der Waals surface area contributed by atoms with E-state index in [-0.39, 0.29) is 11.6 Å². The average molecular weight is 248 g/mol. The van der Waals surface area contributed by atoms with Crippen LogP contribution < -0.4 is 5.73 Å². The van der Waals surface area contributed by atoms with E-state index < -0.39 is 0 Å². The Labute approximate surface area is 83.5 Å². The molecule has 4 heteroatoms. The molecular formula is C8H10BrNOS. The number of aliphatic hydroxyl groups excluding tert-OH is 1. The lowest BCUT2D eigenvalue weighted by molar-refractivity contribution is 0.0227. The zero-order valence-electron chi connectivity index (χ0n) is 6.46. The van der Waals surface area contributed by atoms with Gasteiger partial charge in [-0.3, -0.25) is 0 Å². The monoisotopic (exact) mass is 247 g/mol. The summed E-state index contributed by atoms with van der Waals surface area (Å²) >= 11 is 5.05. The van der Waals surface area contributed by atoms with E-state index in [1.165, 1.54) is 4.88 Å². The van der Waals surface area contributed by atoms with Crippen molar-refractivity contribution in [1.29, 1.82) is 0 Å². The molecule has 0 spiro atoms. The van der Waals surface area contributed by atoms with Gasteiger partial charge in [-0.1, -0.05) is 0 Å². The molecule has 1 aromatic rings. The van der Waals surface area contributed by atoms with Crippen molar-refractivity contribution in [2.45, 2.75) is 24.5 Å². The smallest absolute Gasteiger partial charge is 0.0702 e. The molecule has 1 aliphatic rings. The predicted molar refractivity (Wildman–Crippen MR) is 53.1 cm³/mol. The van der Waals surface area contributed by atoms with E-state index in [4.69, 9.17) is 10.8 Å². The van der Waals surface area contributed by atoms with Crippen LogP contribution in [0, 0.1) is 0 Å². The summed E-state index contributed by atoms with van der Waals surface area (Å²) in [6.45, 7) is 0. The third-order valence-corrected chi connectivity index (χ3v) is 4.11. The van der Waals surface area contributed by atoms with E-state index in [0.717, 1.165) is 3.79 Å². The van der Waals surface area contributed by atoms with Crippen LogP contribution in [0.1, 0.15) is 17.7 Å². The quantitative estimate of drug-likeness (QED) is 0.796. The Kier molecular flexibility index (Phi) is 2.03. The molecular weight excluding hydrogens is 238 g/mol. The molecule has 1 aliphatic carbocycles. The SMILES string of the molecule is NC1(c2ccc(Br)s2)CC(O)C1. The van der Waals surface area contributed by atoms with Gasteiger partial charge in [0.05, 0.1) is 15.4 Å². The highest BCUT2D eigenvalue weighted by molar-refractivity contribution is 9.11. The van der Waals surface area contributed by atoms with Crippen molar-refractivity contribution >= 4 is 27.3 Å². The maximum atomic E-state index is 9.16. The maximum absolute atomic E-state index is 9.16. The Morgan fingerprint density at radius 2 is 2.25 bits per heavy atom. The second kappa shape index (κ2) is 2.80. The van der Waals surface area contributed by atoms with Gasteiger partial charge >= 0.3 is 0 Å². The van der Waals surface area contributed by atoms with Crippen molar-refractivity contribution < 1.29 is 5.11 Å². The van der Waals surface area contributed by atoms with Crippen LogP contribution in [0.2, 0.25) is 0 Å². The van der Waals surface area contributed by atoms with Gasteiger partial charge in [0.25, 0.3) is 0 Å². The number of rotatable bonds is 1. The van der Waals surface area contributed by atoms with Gasteiger partial charge in [-0.2, -0.15) is 0 Å². The third kappa shape index (κ3) is 1.33. The van der Waals surface area contributed by atoms with E-state index in [1.807, 2.05) is 12.1 Å². The second-order valence-electron chi connectivity index (χ2n) is 3.32. The topological polar surface area (TPSA) is 46.2 Å². The van der Waals surface area contributed by atoms with E-state index in [1.54, 1.807) is 11.3 Å². The molecule has 0 bridgehead atoms. The van der Waals surface area contributed by atoms with E-state index in [2.05, 4.69) is 15.9 Å². The Morgan fingerprint density at radius 3 is 2.67 bits per heavy atom. The molecule has 0 unspecified atom stereocenters. The fraction of sp³-hybridized carbons (Fsp3) is 0.500. The summed E-state index contributed by atoms with van der Waals surface area (Å²) in [5.74, 6) is 0. The first kappa shape index (κ1) is 8.69. The number of halogens is 1. The predicted octanol–water partition coefficient (Wildman–Crippen LogP) is 1.82. The molecule has 2 rings (SSSR count). The highest BCUT2D eigenvalue weighted by atomic mass is 79.9. The fourth-order valence-electron chi connectivity index (χ4n) is 1.56. The van der Waals surface area contributed by atoms with Crippen LogP contribution in [-0.2, 0) is 5.54 Å². The third-order valence-electron chi connectivity index (χ3n) is 2.26. The summed E-state index contributed by atoms with van der Waals surface area (Å²) in [4.78, 5) is 1.17. The van der Waals surface area contributed by atoms with Crippen LogP contribution in [0.25, 0.3) is 0 Å². The number of hydrogen-bond acceptors (Lipinski definition) is 3. The zero-order valence-corrected chi connectivity index (χ0v) is 8.86. The normalized spacial score (nSPS) is 34.8. The molecule has 1 fully saturated rings. The standard InChI is InChI=1S/C8H10BrNOS/c9-7-2-1-6(12-7)8(10)3-5(11)4-8/h1-2,5,11H,3-4,10H2. The van der Waals surface area contributed by atoms with E-state index in [9.17, 15) is 0 Å². The zero-order chi connectivity index (χ0) is 8.77. The maximum Gasteiger partial charge on any atom is 0.0702 e. The largest absolute Gasteiger partial charge is 0.393 e. The van der Waals surface area contributed by atoms with Gasteiger partial charge in [0.2, 0.25) is 0 Å². The van der Waals surface area contributed by atoms with Crippen molar-refractivity contribution in [2.24, 2.45) is 5.73 Å². The Morgan fingerprint density at radius 1 is 1.58 bits per heavy atom. The lowest BCUT2D eigenvalue weighted by Crippen LogP contribution is -2.51. The lowest BCUT2D eigenvalue weighted by Gasteiger charge is -2.41. The lowest BCUT2D eigenvalue weighted by atomic mass is 9.74. The van der Waals surface area contributed by atoms with Crippen LogP contribution in [0.15, 0.2) is 15.9 Å². The molecule has 0 atom stereocenters. The molecule has 0 aliphatic heterocycles. The van der Waals surface area contributed by atoms with Crippen molar-refractivity contribution in [3.05, 3.63) is 20.8 Å². The Bertz CT molecular complexity index is 293. The summed E-state index contributed by atoms with van der Waals surface area (Å²) < 4.78 is 1.10. The molecule has 1 heterocycles. The minimum absolute atomic E-state index is 0.198. The molecule has 3 N–H and O–H groups in total. The van der Waals surface area contributed by atoms with Crippen molar-refractivity contribution in [3.8, 4) is 0 Å². The Balaban J connectivity index is 2.20. The van der Waals surface area contributed by atoms with Crippen LogP contribution >= 0.6 is 27.3 Å². The molecule has 1 saturated carbocycles. The number of nitrogens with two attached hydrogens (primary N) is 1. The number of aliphatic hydroxyl groups is 1. The van der Waals surface area contributed by atoms with E-state index >= 15 is 0 Å². The molecule has 2 nitrogen and oxygen atoms in total. The van der Waals surface area contributed by atoms with Crippen LogP contribution in [-0.4, -0.2) is 11.2 Å². The summed E-state index contributed by atoms with van der Waals surface area (Å²) in [6, 6.07) is 4.03. The van der Waals surface area contributed by atoms with Crippen molar-refractivity contribution in [2.75, 3.05) is 0 Å². The van der Waals surface area contributed by atoms with Crippen LogP contribution in [0.5, 0.6) is 0 Å². The van der Waals surface area contributed by atoms with Crippen molar-refractivity contribution in [3.63, 3.8) is 0 Å². The molecule has 0 amide bonds. The number of thiophene rings is 1. The van der Waals surface area contributed by atoms with Crippen LogP contribution in [0.3, 0.4) is 0 Å². The molecule has 66 valence electrons. The fourth-order valence-corrected chi connectivity index (χ4v) is 3.07. The first-order valence-corrected chi connectivity index (χ1v) is 5.44. The molecule has 0 radical (unpaired) electrons. The van der Waals surface area contributed by atoms with Gasteiger partial charge in [-0.25, -0.2) is 0 Å². The summed E-state index contributed by atoms with van der Waals surface area (Å²) in [7, 11) is 0. The average Bonchev–Trinajstić information content (AvgIpc) is 2.33. The van der Waals surface area contributed by atoms with Gasteiger partial charge in [0, 0.05) is 4.88 Å². The van der Waals surface area contributed by atoms with Crippen molar-refractivity contribution in [1.82, 2.24) is 0 Å². The molecule has 1 aromatic heterocycles.